The minimum atomic E-state index is -0.404. The van der Waals surface area contributed by atoms with Gasteiger partial charge in [-0.25, -0.2) is 0 Å². The Bertz CT molecular complexity index is 1150. The van der Waals surface area contributed by atoms with Crippen molar-refractivity contribution in [2.45, 2.75) is 0 Å². The number of rotatable bonds is 6. The third kappa shape index (κ3) is 4.25. The van der Waals surface area contributed by atoms with Crippen molar-refractivity contribution < 1.29 is 14.6 Å². The van der Waals surface area contributed by atoms with Gasteiger partial charge in [-0.2, -0.15) is 0 Å². The van der Waals surface area contributed by atoms with Crippen molar-refractivity contribution in [2.75, 3.05) is 0 Å². The molecule has 0 N–H and O–H groups in total. The van der Waals surface area contributed by atoms with Crippen molar-refractivity contribution in [3.8, 4) is 33.8 Å². The van der Waals surface area contributed by atoms with Crippen molar-refractivity contribution >= 4 is 11.4 Å². The molecule has 7 heteroatoms. The first kappa shape index (κ1) is 19.8. The predicted octanol–water partition coefficient (Wildman–Crippen LogP) is 6.63. The number of nitro groups is 2. The number of ether oxygens (including phenoxy) is 1. The zero-order chi connectivity index (χ0) is 21.8. The molecular weight excluding hydrogens is 396 g/mol. The summed E-state index contributed by atoms with van der Waals surface area (Å²) in [5.41, 5.74) is 2.59. The second-order valence-electron chi connectivity index (χ2n) is 6.70. The molecule has 0 aromatic heterocycles. The summed E-state index contributed by atoms with van der Waals surface area (Å²) in [6.07, 6.45) is 0. The average molecular weight is 412 g/mol. The zero-order valence-electron chi connectivity index (χ0n) is 16.2. The number of nitrogens with zero attached hydrogens (tertiary/aromatic N) is 2. The van der Waals surface area contributed by atoms with Crippen LogP contribution >= 0.6 is 0 Å². The molecule has 0 unspecified atom stereocenters. The van der Waals surface area contributed by atoms with Crippen LogP contribution in [-0.2, 0) is 0 Å². The van der Waals surface area contributed by atoms with Gasteiger partial charge >= 0.3 is 0 Å². The van der Waals surface area contributed by atoms with Gasteiger partial charge in [-0.3, -0.25) is 20.2 Å². The highest BCUT2D eigenvalue weighted by atomic mass is 16.6. The van der Waals surface area contributed by atoms with Gasteiger partial charge in [0, 0.05) is 12.1 Å². The van der Waals surface area contributed by atoms with Crippen LogP contribution < -0.4 is 4.74 Å². The fourth-order valence-electron chi connectivity index (χ4n) is 3.30. The number of para-hydroxylation sites is 2. The predicted molar refractivity (Wildman–Crippen MR) is 117 cm³/mol. The van der Waals surface area contributed by atoms with E-state index in [0.717, 1.165) is 0 Å². The van der Waals surface area contributed by atoms with Crippen LogP contribution in [0.3, 0.4) is 0 Å². The minimum Gasteiger partial charge on any atom is -0.457 e. The van der Waals surface area contributed by atoms with Crippen LogP contribution in [0, 0.1) is 20.2 Å². The second-order valence-corrected chi connectivity index (χ2v) is 6.70. The highest BCUT2D eigenvalue weighted by Crippen LogP contribution is 2.33. The SMILES string of the molecule is O=[N+]([O-])c1ccccc1-c1ccc(Oc2ccc(-c3ccccc3[N+](=O)[O-])cc2)cc1. The molecule has 0 amide bonds. The lowest BCUT2D eigenvalue weighted by molar-refractivity contribution is -0.384. The van der Waals surface area contributed by atoms with Crippen molar-refractivity contribution in [2.24, 2.45) is 0 Å². The van der Waals surface area contributed by atoms with Crippen molar-refractivity contribution in [3.05, 3.63) is 117 Å². The van der Waals surface area contributed by atoms with Crippen molar-refractivity contribution in [1.82, 2.24) is 0 Å². The summed E-state index contributed by atoms with van der Waals surface area (Å²) >= 11 is 0. The molecule has 0 fully saturated rings. The van der Waals surface area contributed by atoms with Crippen molar-refractivity contribution in [3.63, 3.8) is 0 Å². The summed E-state index contributed by atoms with van der Waals surface area (Å²) in [5, 5.41) is 22.5. The molecule has 4 rings (SSSR count). The Morgan fingerprint density at radius 1 is 0.516 bits per heavy atom. The van der Waals surface area contributed by atoms with Gasteiger partial charge in [0.05, 0.1) is 21.0 Å². The first-order valence-corrected chi connectivity index (χ1v) is 9.38. The molecule has 0 heterocycles. The fourth-order valence-corrected chi connectivity index (χ4v) is 3.30. The van der Waals surface area contributed by atoms with E-state index in [9.17, 15) is 20.2 Å². The maximum atomic E-state index is 11.2. The molecule has 4 aromatic rings. The van der Waals surface area contributed by atoms with E-state index in [1.165, 1.54) is 12.1 Å². The van der Waals surface area contributed by atoms with Gasteiger partial charge in [0.25, 0.3) is 11.4 Å². The van der Waals surface area contributed by atoms with E-state index in [2.05, 4.69) is 0 Å². The highest BCUT2D eigenvalue weighted by Gasteiger charge is 2.15. The van der Waals surface area contributed by atoms with Gasteiger partial charge in [-0.15, -0.1) is 0 Å². The lowest BCUT2D eigenvalue weighted by Gasteiger charge is -2.09. The van der Waals surface area contributed by atoms with Crippen LogP contribution in [0.4, 0.5) is 11.4 Å². The van der Waals surface area contributed by atoms with Gasteiger partial charge in [0.2, 0.25) is 0 Å². The van der Waals surface area contributed by atoms with Crippen LogP contribution in [0.1, 0.15) is 0 Å². The largest absolute Gasteiger partial charge is 0.457 e. The summed E-state index contributed by atoms with van der Waals surface area (Å²) in [7, 11) is 0. The molecule has 0 atom stereocenters. The molecule has 152 valence electrons. The molecule has 4 aromatic carbocycles. The molecule has 0 saturated heterocycles. The lowest BCUT2D eigenvalue weighted by Crippen LogP contribution is -1.92. The Labute approximate surface area is 177 Å². The molecule has 0 spiro atoms. The topological polar surface area (TPSA) is 95.5 Å². The third-order valence-electron chi connectivity index (χ3n) is 4.77. The molecule has 0 aliphatic carbocycles. The lowest BCUT2D eigenvalue weighted by atomic mass is 10.0. The Kier molecular flexibility index (Phi) is 5.40. The van der Waals surface area contributed by atoms with Crippen molar-refractivity contribution in [1.29, 1.82) is 0 Å². The maximum Gasteiger partial charge on any atom is 0.277 e. The van der Waals surface area contributed by atoms with Crippen LogP contribution in [0.5, 0.6) is 11.5 Å². The standard InChI is InChI=1S/C24H16N2O5/c27-25(28)23-7-3-1-5-21(23)17-9-13-19(14-10-17)31-20-15-11-18(12-16-20)22-6-2-4-8-24(22)26(29)30/h1-16H. The Morgan fingerprint density at radius 3 is 1.23 bits per heavy atom. The zero-order valence-corrected chi connectivity index (χ0v) is 16.2. The number of hydrogen-bond donors (Lipinski definition) is 0. The van der Waals surface area contributed by atoms with Gasteiger partial charge in [0.1, 0.15) is 11.5 Å². The number of nitro benzene ring substituents is 2. The Hall–Kier alpha value is -4.52. The monoisotopic (exact) mass is 412 g/mol. The van der Waals surface area contributed by atoms with Crippen LogP contribution in [-0.4, -0.2) is 9.85 Å². The number of hydrogen-bond acceptors (Lipinski definition) is 5. The summed E-state index contributed by atoms with van der Waals surface area (Å²) in [6, 6.07) is 27.1. The molecule has 0 radical (unpaired) electrons. The quantitative estimate of drug-likeness (QED) is 0.262. The van der Waals surface area contributed by atoms with Crippen LogP contribution in [0.2, 0.25) is 0 Å². The Morgan fingerprint density at radius 2 is 0.871 bits per heavy atom. The number of benzene rings is 4. The average Bonchev–Trinajstić information content (AvgIpc) is 2.80. The first-order valence-electron chi connectivity index (χ1n) is 9.38. The summed E-state index contributed by atoms with van der Waals surface area (Å²) < 4.78 is 5.85. The molecular formula is C24H16N2O5. The third-order valence-corrected chi connectivity index (χ3v) is 4.77. The second kappa shape index (κ2) is 8.46. The summed E-state index contributed by atoms with van der Waals surface area (Å²) in [6.45, 7) is 0. The molecule has 0 aliphatic heterocycles. The van der Waals surface area contributed by atoms with Gasteiger partial charge in [0.15, 0.2) is 0 Å². The van der Waals surface area contributed by atoms with E-state index >= 15 is 0 Å². The van der Waals surface area contributed by atoms with Gasteiger partial charge in [-0.1, -0.05) is 48.5 Å². The van der Waals surface area contributed by atoms with E-state index in [0.29, 0.717) is 33.8 Å². The Balaban J connectivity index is 1.53. The van der Waals surface area contributed by atoms with E-state index in [-0.39, 0.29) is 11.4 Å². The molecule has 7 nitrogen and oxygen atoms in total. The molecule has 0 aliphatic rings. The van der Waals surface area contributed by atoms with Crippen LogP contribution in [0.25, 0.3) is 22.3 Å². The van der Waals surface area contributed by atoms with E-state index in [4.69, 9.17) is 4.74 Å². The molecule has 0 saturated carbocycles. The molecule has 0 bridgehead atoms. The summed E-state index contributed by atoms with van der Waals surface area (Å²) in [4.78, 5) is 21.7. The van der Waals surface area contributed by atoms with E-state index in [1.54, 1.807) is 84.9 Å². The highest BCUT2D eigenvalue weighted by molar-refractivity contribution is 5.74. The van der Waals surface area contributed by atoms with Crippen LogP contribution in [0.15, 0.2) is 97.1 Å². The fraction of sp³-hybridized carbons (Fsp3) is 0. The van der Waals surface area contributed by atoms with E-state index < -0.39 is 9.85 Å². The normalized spacial score (nSPS) is 10.5. The maximum absolute atomic E-state index is 11.2. The molecule has 31 heavy (non-hydrogen) atoms. The minimum absolute atomic E-state index is 0.0433. The smallest absolute Gasteiger partial charge is 0.277 e. The first-order chi connectivity index (χ1) is 15.0. The van der Waals surface area contributed by atoms with Gasteiger partial charge < -0.3 is 4.74 Å². The van der Waals surface area contributed by atoms with Gasteiger partial charge in [-0.05, 0) is 47.5 Å². The summed E-state index contributed by atoms with van der Waals surface area (Å²) in [5.74, 6) is 1.14. The van der Waals surface area contributed by atoms with E-state index in [1.807, 2.05) is 0 Å².